The maximum atomic E-state index is 13.1. The van der Waals surface area contributed by atoms with Gasteiger partial charge in [-0.15, -0.1) is 0 Å². The van der Waals surface area contributed by atoms with Crippen molar-refractivity contribution in [3.63, 3.8) is 0 Å². The largest absolute Gasteiger partial charge is 0.472 e. The SMILES string of the molecule is CCCCCCCCCCCCCCCCCCCCCCCC(=O)OC[C@H](COP(=O)(O)OC[C@@H](O)COP(=O)(O)OC[C@@H](COC(=O)CCCCCCCCCCC)OC(=O)CCCCCCCCCCC(C)CC)OC(=O)CCCCCCCCCCCCCCCCCCCCC(C)CC. The number of carbonyl (C=O) groups excluding carboxylic acids is 4. The van der Waals surface area contributed by atoms with Crippen LogP contribution in [-0.2, 0) is 65.4 Å². The zero-order valence-corrected chi connectivity index (χ0v) is 70.1. The van der Waals surface area contributed by atoms with E-state index in [1.807, 2.05) is 0 Å². The Hall–Kier alpha value is -1.94. The van der Waals surface area contributed by atoms with Gasteiger partial charge in [-0.3, -0.25) is 37.3 Å². The van der Waals surface area contributed by atoms with Crippen LogP contribution < -0.4 is 0 Å². The van der Waals surface area contributed by atoms with Crippen molar-refractivity contribution in [3.05, 3.63) is 0 Å². The number of aliphatic hydroxyl groups excluding tert-OH is 1. The first-order chi connectivity index (χ1) is 50.4. The van der Waals surface area contributed by atoms with Crippen molar-refractivity contribution in [3.8, 4) is 0 Å². The van der Waals surface area contributed by atoms with E-state index < -0.39 is 97.5 Å². The molecule has 0 saturated carbocycles. The van der Waals surface area contributed by atoms with Crippen LogP contribution in [0.15, 0.2) is 0 Å². The van der Waals surface area contributed by atoms with Gasteiger partial charge in [0.05, 0.1) is 26.4 Å². The van der Waals surface area contributed by atoms with Crippen LogP contribution in [0, 0.1) is 11.8 Å². The van der Waals surface area contributed by atoms with Crippen LogP contribution in [0.25, 0.3) is 0 Å². The molecule has 0 heterocycles. The fourth-order valence-corrected chi connectivity index (χ4v) is 14.8. The number of ether oxygens (including phenoxy) is 4. The van der Waals surface area contributed by atoms with Gasteiger partial charge in [-0.25, -0.2) is 9.13 Å². The van der Waals surface area contributed by atoms with Crippen LogP contribution in [-0.4, -0.2) is 96.7 Å². The van der Waals surface area contributed by atoms with Gasteiger partial charge >= 0.3 is 39.5 Å². The molecule has 17 nitrogen and oxygen atoms in total. The van der Waals surface area contributed by atoms with E-state index in [0.29, 0.717) is 25.7 Å². The summed E-state index contributed by atoms with van der Waals surface area (Å²) in [6, 6.07) is 0. The van der Waals surface area contributed by atoms with Gasteiger partial charge in [-0.2, -0.15) is 0 Å². The highest BCUT2D eigenvalue weighted by Gasteiger charge is 2.30. The first-order valence-corrected chi connectivity index (χ1v) is 47.1. The molecule has 0 aliphatic heterocycles. The summed E-state index contributed by atoms with van der Waals surface area (Å²) < 4.78 is 68.8. The van der Waals surface area contributed by atoms with Crippen molar-refractivity contribution in [1.82, 2.24) is 0 Å². The van der Waals surface area contributed by atoms with Gasteiger partial charge in [0.15, 0.2) is 12.2 Å². The number of hydrogen-bond acceptors (Lipinski definition) is 15. The minimum atomic E-state index is -4.96. The summed E-state index contributed by atoms with van der Waals surface area (Å²) in [5.74, 6) is -0.467. The highest BCUT2D eigenvalue weighted by atomic mass is 31.2. The molecule has 0 rings (SSSR count). The molecule has 0 spiro atoms. The van der Waals surface area contributed by atoms with Crippen LogP contribution in [0.2, 0.25) is 0 Å². The van der Waals surface area contributed by atoms with Gasteiger partial charge in [-0.1, -0.05) is 401 Å². The maximum Gasteiger partial charge on any atom is 0.472 e. The summed E-state index contributed by atoms with van der Waals surface area (Å²) in [7, 11) is -9.92. The molecule has 0 amide bonds. The molecule has 0 saturated heterocycles. The number of aliphatic hydroxyl groups is 1. The Kier molecular flexibility index (Phi) is 75.0. The molecular formula is C85H166O17P2. The predicted molar refractivity (Wildman–Crippen MR) is 428 cm³/mol. The average molecular weight is 1520 g/mol. The molecule has 0 radical (unpaired) electrons. The first kappa shape index (κ1) is 102. The zero-order valence-electron chi connectivity index (χ0n) is 68.3. The molecule has 3 N–H and O–H groups in total. The summed E-state index contributed by atoms with van der Waals surface area (Å²) in [6.07, 6.45) is 68.2. The third-order valence-corrected chi connectivity index (χ3v) is 22.6. The van der Waals surface area contributed by atoms with Crippen LogP contribution in [0.1, 0.15) is 452 Å². The Morgan fingerprint density at radius 3 is 0.683 bits per heavy atom. The summed E-state index contributed by atoms with van der Waals surface area (Å²) >= 11 is 0. The Morgan fingerprint density at radius 1 is 0.269 bits per heavy atom. The van der Waals surface area contributed by atoms with Crippen molar-refractivity contribution in [1.29, 1.82) is 0 Å². The summed E-state index contributed by atoms with van der Waals surface area (Å²) in [6.45, 7) is 9.70. The van der Waals surface area contributed by atoms with Gasteiger partial charge in [0.2, 0.25) is 0 Å². The van der Waals surface area contributed by atoms with E-state index in [1.54, 1.807) is 0 Å². The lowest BCUT2D eigenvalue weighted by molar-refractivity contribution is -0.161. The lowest BCUT2D eigenvalue weighted by Crippen LogP contribution is -2.30. The maximum absolute atomic E-state index is 13.1. The second kappa shape index (κ2) is 76.4. The van der Waals surface area contributed by atoms with Crippen LogP contribution in [0.4, 0.5) is 0 Å². The second-order valence-electron chi connectivity index (χ2n) is 31.1. The van der Waals surface area contributed by atoms with E-state index in [4.69, 9.17) is 37.0 Å². The van der Waals surface area contributed by atoms with E-state index >= 15 is 0 Å². The molecule has 0 fully saturated rings. The fourth-order valence-electron chi connectivity index (χ4n) is 13.2. The highest BCUT2D eigenvalue weighted by molar-refractivity contribution is 7.47. The van der Waals surface area contributed by atoms with Gasteiger partial charge < -0.3 is 33.8 Å². The van der Waals surface area contributed by atoms with E-state index in [-0.39, 0.29) is 25.7 Å². The molecule has 104 heavy (non-hydrogen) atoms. The Balaban J connectivity index is 5.18. The number of phosphoric ester groups is 2. The lowest BCUT2D eigenvalue weighted by atomic mass is 9.99. The molecule has 0 aliphatic carbocycles. The zero-order chi connectivity index (χ0) is 76.4. The molecule has 0 aromatic carbocycles. The van der Waals surface area contributed by atoms with Gasteiger partial charge in [0, 0.05) is 25.7 Å². The third kappa shape index (κ3) is 75.5. The highest BCUT2D eigenvalue weighted by Crippen LogP contribution is 2.45. The normalized spacial score (nSPS) is 14.4. The third-order valence-electron chi connectivity index (χ3n) is 20.7. The molecule has 4 unspecified atom stereocenters. The summed E-state index contributed by atoms with van der Waals surface area (Å²) in [4.78, 5) is 73.1. The van der Waals surface area contributed by atoms with Gasteiger partial charge in [-0.05, 0) is 37.5 Å². The minimum absolute atomic E-state index is 0.105. The van der Waals surface area contributed by atoms with E-state index in [2.05, 4.69) is 41.5 Å². The predicted octanol–water partition coefficient (Wildman–Crippen LogP) is 25.8. The van der Waals surface area contributed by atoms with Gasteiger partial charge in [0.25, 0.3) is 0 Å². The quantitative estimate of drug-likeness (QED) is 0.0222. The number of carbonyl (C=O) groups is 4. The standard InChI is InChI=1S/C85H166O17P2/c1-7-11-13-15-17-19-20-21-22-23-24-25-26-30-33-36-39-43-50-56-62-68-83(88)96-74-80(101-84(89)69-63-57-51-44-40-37-34-31-28-27-29-32-35-38-42-47-53-59-65-77(5)9-3)75-99-103(91,92)97-71-79(86)72-98-104(93,94)100-76-81(73-95-82(87)67-61-55-49-41-18-16-14-12-8-2)102-85(90)70-64-58-52-46-45-48-54-60-66-78(6)10-4/h77-81,86H,7-76H2,1-6H3,(H,91,92)(H,93,94)/t77?,78?,79-,80-,81-/m1/s1. The number of phosphoric acid groups is 2. The number of esters is 4. The smallest absolute Gasteiger partial charge is 0.462 e. The average Bonchev–Trinajstić information content (AvgIpc) is 0.907. The van der Waals surface area contributed by atoms with E-state index in [0.717, 1.165) is 102 Å². The minimum Gasteiger partial charge on any atom is -0.462 e. The molecule has 0 bridgehead atoms. The van der Waals surface area contributed by atoms with Crippen LogP contribution in [0.5, 0.6) is 0 Å². The van der Waals surface area contributed by atoms with Crippen molar-refractivity contribution in [2.45, 2.75) is 471 Å². The lowest BCUT2D eigenvalue weighted by Gasteiger charge is -2.21. The fraction of sp³-hybridized carbons (Fsp3) is 0.953. The van der Waals surface area contributed by atoms with E-state index in [1.165, 1.54) is 270 Å². The summed E-state index contributed by atoms with van der Waals surface area (Å²) in [5.41, 5.74) is 0. The molecule has 0 aliphatic rings. The van der Waals surface area contributed by atoms with Crippen molar-refractivity contribution >= 4 is 39.5 Å². The number of rotatable bonds is 84. The molecular weight excluding hydrogens is 1350 g/mol. The molecule has 19 heteroatoms. The molecule has 0 aromatic heterocycles. The molecule has 7 atom stereocenters. The first-order valence-electron chi connectivity index (χ1n) is 44.1. The molecule has 618 valence electrons. The second-order valence-corrected chi connectivity index (χ2v) is 34.0. The topological polar surface area (TPSA) is 237 Å². The van der Waals surface area contributed by atoms with Crippen molar-refractivity contribution < 1.29 is 80.2 Å². The van der Waals surface area contributed by atoms with E-state index in [9.17, 15) is 43.2 Å². The van der Waals surface area contributed by atoms with Crippen LogP contribution in [0.3, 0.4) is 0 Å². The number of unbranched alkanes of at least 4 members (excludes halogenated alkanes) is 52. The molecule has 0 aromatic rings. The van der Waals surface area contributed by atoms with Crippen LogP contribution >= 0.6 is 15.6 Å². The Labute approximate surface area is 638 Å². The number of hydrogen-bond donors (Lipinski definition) is 3. The monoisotopic (exact) mass is 1520 g/mol. The Bertz CT molecular complexity index is 2000. The Morgan fingerprint density at radius 2 is 0.462 bits per heavy atom. The van der Waals surface area contributed by atoms with Crippen molar-refractivity contribution in [2.24, 2.45) is 11.8 Å². The van der Waals surface area contributed by atoms with Crippen molar-refractivity contribution in [2.75, 3.05) is 39.6 Å². The van der Waals surface area contributed by atoms with Gasteiger partial charge in [0.1, 0.15) is 19.3 Å². The summed E-state index contributed by atoms with van der Waals surface area (Å²) in [5, 5.41) is 10.7.